The van der Waals surface area contributed by atoms with Crippen molar-refractivity contribution < 1.29 is 4.79 Å². The molecule has 0 amide bonds. The smallest absolute Gasteiger partial charge is 0.218 e. The molecule has 0 fully saturated rings. The SMILES string of the molecule is CCCCCc1ccc(N)c(C(=O)S)c1. The molecular formula is C12H17NOS. The molecule has 0 heterocycles. The van der Waals surface area contributed by atoms with Crippen LogP contribution in [0.5, 0.6) is 0 Å². The second-order valence-electron chi connectivity index (χ2n) is 3.68. The number of rotatable bonds is 5. The molecule has 0 atom stereocenters. The van der Waals surface area contributed by atoms with Gasteiger partial charge in [-0.3, -0.25) is 4.79 Å². The quantitative estimate of drug-likeness (QED) is 0.457. The minimum absolute atomic E-state index is 0.259. The molecule has 0 aliphatic carbocycles. The highest BCUT2D eigenvalue weighted by atomic mass is 32.1. The topological polar surface area (TPSA) is 43.1 Å². The first-order valence-corrected chi connectivity index (χ1v) is 5.71. The molecule has 1 rings (SSSR count). The molecule has 0 bridgehead atoms. The van der Waals surface area contributed by atoms with Gasteiger partial charge >= 0.3 is 0 Å². The lowest BCUT2D eigenvalue weighted by Crippen LogP contribution is -1.99. The van der Waals surface area contributed by atoms with Gasteiger partial charge < -0.3 is 5.73 Å². The molecule has 0 aliphatic rings. The number of nitrogen functional groups attached to an aromatic ring is 1. The van der Waals surface area contributed by atoms with Gasteiger partial charge in [0, 0.05) is 5.69 Å². The van der Waals surface area contributed by atoms with Gasteiger partial charge in [0.05, 0.1) is 5.56 Å². The van der Waals surface area contributed by atoms with Crippen molar-refractivity contribution in [3.05, 3.63) is 29.3 Å². The zero-order valence-electron chi connectivity index (χ0n) is 8.99. The fraction of sp³-hybridized carbons (Fsp3) is 0.417. The van der Waals surface area contributed by atoms with Crippen molar-refractivity contribution in [2.24, 2.45) is 0 Å². The van der Waals surface area contributed by atoms with Gasteiger partial charge in [0.25, 0.3) is 0 Å². The minimum Gasteiger partial charge on any atom is -0.398 e. The van der Waals surface area contributed by atoms with E-state index in [1.807, 2.05) is 12.1 Å². The Labute approximate surface area is 96.3 Å². The van der Waals surface area contributed by atoms with E-state index in [0.717, 1.165) is 18.4 Å². The fourth-order valence-corrected chi connectivity index (χ4v) is 1.72. The Balaban J connectivity index is 2.74. The van der Waals surface area contributed by atoms with Crippen LogP contribution in [0.15, 0.2) is 18.2 Å². The Kier molecular flexibility index (Phi) is 4.69. The highest BCUT2D eigenvalue weighted by Gasteiger charge is 2.06. The number of hydrogen-bond acceptors (Lipinski definition) is 2. The van der Waals surface area contributed by atoms with Gasteiger partial charge in [-0.25, -0.2) is 0 Å². The van der Waals surface area contributed by atoms with Crippen molar-refractivity contribution in [3.8, 4) is 0 Å². The van der Waals surface area contributed by atoms with Gasteiger partial charge in [-0.15, -0.1) is 12.6 Å². The third kappa shape index (κ3) is 3.59. The van der Waals surface area contributed by atoms with Crippen molar-refractivity contribution in [2.75, 3.05) is 5.73 Å². The highest BCUT2D eigenvalue weighted by Crippen LogP contribution is 2.17. The molecule has 15 heavy (non-hydrogen) atoms. The molecule has 1 aromatic rings. The van der Waals surface area contributed by atoms with Crippen LogP contribution in [0.4, 0.5) is 5.69 Å². The molecule has 3 heteroatoms. The Morgan fingerprint density at radius 3 is 2.73 bits per heavy atom. The summed E-state index contributed by atoms with van der Waals surface area (Å²) in [4.78, 5) is 11.1. The third-order valence-electron chi connectivity index (χ3n) is 2.42. The highest BCUT2D eigenvalue weighted by molar-refractivity contribution is 7.97. The Bertz CT molecular complexity index is 349. The molecule has 0 spiro atoms. The monoisotopic (exact) mass is 223 g/mol. The van der Waals surface area contributed by atoms with Gasteiger partial charge in [-0.1, -0.05) is 25.8 Å². The van der Waals surface area contributed by atoms with Crippen molar-refractivity contribution in [1.82, 2.24) is 0 Å². The van der Waals surface area contributed by atoms with Gasteiger partial charge in [0.1, 0.15) is 0 Å². The summed E-state index contributed by atoms with van der Waals surface area (Å²) < 4.78 is 0. The van der Waals surface area contributed by atoms with Gasteiger partial charge in [-0.05, 0) is 30.5 Å². The average Bonchev–Trinajstić information content (AvgIpc) is 2.20. The molecule has 0 unspecified atom stereocenters. The van der Waals surface area contributed by atoms with Crippen molar-refractivity contribution >= 4 is 23.4 Å². The molecule has 0 aliphatic heterocycles. The number of hydrogen-bond donors (Lipinski definition) is 2. The van der Waals surface area contributed by atoms with E-state index < -0.39 is 0 Å². The van der Waals surface area contributed by atoms with Crippen LogP contribution in [0.1, 0.15) is 42.1 Å². The largest absolute Gasteiger partial charge is 0.398 e. The fourth-order valence-electron chi connectivity index (χ4n) is 1.52. The standard InChI is InChI=1S/C12H17NOS/c1-2-3-4-5-9-6-7-11(13)10(8-9)12(14)15/h6-8H,2-5,13H2,1H3,(H,14,15). The maximum Gasteiger partial charge on any atom is 0.218 e. The average molecular weight is 223 g/mol. The van der Waals surface area contributed by atoms with Gasteiger partial charge in [0.2, 0.25) is 5.12 Å². The van der Waals surface area contributed by atoms with Crippen LogP contribution < -0.4 is 5.73 Å². The number of carbonyl (C=O) groups excluding carboxylic acids is 1. The predicted octanol–water partition coefficient (Wildman–Crippen LogP) is 3.07. The summed E-state index contributed by atoms with van der Waals surface area (Å²) in [6, 6.07) is 5.61. The molecule has 82 valence electrons. The third-order valence-corrected chi connectivity index (χ3v) is 2.66. The summed E-state index contributed by atoms with van der Waals surface area (Å²) in [5.74, 6) is 0. The van der Waals surface area contributed by atoms with Gasteiger partial charge in [-0.2, -0.15) is 0 Å². The zero-order valence-corrected chi connectivity index (χ0v) is 9.89. The van der Waals surface area contributed by atoms with Crippen LogP contribution in [-0.2, 0) is 6.42 Å². The maximum atomic E-state index is 11.1. The van der Waals surface area contributed by atoms with Crippen LogP contribution in [-0.4, -0.2) is 5.12 Å². The summed E-state index contributed by atoms with van der Waals surface area (Å²) in [5, 5.41) is -0.259. The Morgan fingerprint density at radius 1 is 1.40 bits per heavy atom. The maximum absolute atomic E-state index is 11.1. The van der Waals surface area contributed by atoms with E-state index in [-0.39, 0.29) is 5.12 Å². The molecule has 0 aromatic heterocycles. The number of thiol groups is 1. The van der Waals surface area contributed by atoms with E-state index in [4.69, 9.17) is 5.73 Å². The van der Waals surface area contributed by atoms with Crippen molar-refractivity contribution in [1.29, 1.82) is 0 Å². The van der Waals surface area contributed by atoms with Crippen molar-refractivity contribution in [2.45, 2.75) is 32.6 Å². The first-order valence-electron chi connectivity index (χ1n) is 5.27. The van der Waals surface area contributed by atoms with E-state index >= 15 is 0 Å². The van der Waals surface area contributed by atoms with E-state index in [0.29, 0.717) is 11.3 Å². The zero-order chi connectivity index (χ0) is 11.3. The minimum atomic E-state index is -0.259. The van der Waals surface area contributed by atoms with Crippen LogP contribution in [0.25, 0.3) is 0 Å². The lowest BCUT2D eigenvalue weighted by molar-refractivity contribution is 0.109. The number of benzene rings is 1. The number of carbonyl (C=O) groups is 1. The summed E-state index contributed by atoms with van der Waals surface area (Å²) >= 11 is 3.80. The summed E-state index contributed by atoms with van der Waals surface area (Å²) in [5.41, 5.74) is 7.87. The summed E-state index contributed by atoms with van der Waals surface area (Å²) in [6.07, 6.45) is 4.57. The van der Waals surface area contributed by atoms with Gasteiger partial charge in [0.15, 0.2) is 0 Å². The number of anilines is 1. The van der Waals surface area contributed by atoms with E-state index in [2.05, 4.69) is 19.6 Å². The Morgan fingerprint density at radius 2 is 2.13 bits per heavy atom. The molecule has 1 aromatic carbocycles. The number of unbranched alkanes of at least 4 members (excludes halogenated alkanes) is 2. The van der Waals surface area contributed by atoms with Crippen LogP contribution in [0, 0.1) is 0 Å². The van der Waals surface area contributed by atoms with E-state index in [1.54, 1.807) is 6.07 Å². The predicted molar refractivity (Wildman–Crippen MR) is 67.4 cm³/mol. The normalized spacial score (nSPS) is 10.3. The van der Waals surface area contributed by atoms with Crippen LogP contribution in [0.2, 0.25) is 0 Å². The molecule has 0 saturated heterocycles. The second kappa shape index (κ2) is 5.81. The first-order chi connectivity index (χ1) is 7.15. The van der Waals surface area contributed by atoms with E-state index in [9.17, 15) is 4.79 Å². The molecular weight excluding hydrogens is 206 g/mol. The Hall–Kier alpha value is -0.960. The van der Waals surface area contributed by atoms with Crippen LogP contribution in [0.3, 0.4) is 0 Å². The van der Waals surface area contributed by atoms with Crippen molar-refractivity contribution in [3.63, 3.8) is 0 Å². The lowest BCUT2D eigenvalue weighted by Gasteiger charge is -2.05. The molecule has 0 saturated carbocycles. The lowest BCUT2D eigenvalue weighted by atomic mass is 10.0. The first kappa shape index (κ1) is 12.1. The number of aryl methyl sites for hydroxylation is 1. The molecule has 0 radical (unpaired) electrons. The van der Waals surface area contributed by atoms with Crippen LogP contribution >= 0.6 is 12.6 Å². The summed E-state index contributed by atoms with van der Waals surface area (Å²) in [6.45, 7) is 2.17. The number of nitrogens with two attached hydrogens (primary N) is 1. The van der Waals surface area contributed by atoms with E-state index in [1.165, 1.54) is 12.8 Å². The molecule has 2 N–H and O–H groups in total. The molecule has 2 nitrogen and oxygen atoms in total. The summed E-state index contributed by atoms with van der Waals surface area (Å²) in [7, 11) is 0. The second-order valence-corrected chi connectivity index (χ2v) is 4.09.